The number of nitrogens with two attached hydrogens (primary N) is 1. The quantitative estimate of drug-likeness (QED) is 0.885. The van der Waals surface area contributed by atoms with Gasteiger partial charge in [-0.3, -0.25) is 0 Å². The molecule has 1 heterocycles. The highest BCUT2D eigenvalue weighted by Gasteiger charge is 2.11. The molecule has 0 fully saturated rings. The molecule has 2 aromatic rings. The maximum Gasteiger partial charge on any atom is 0.132 e. The first-order chi connectivity index (χ1) is 10.2. The van der Waals surface area contributed by atoms with Gasteiger partial charge in [-0.05, 0) is 24.0 Å². The highest BCUT2D eigenvalue weighted by atomic mass is 15.2. The summed E-state index contributed by atoms with van der Waals surface area (Å²) in [5.74, 6) is 1.38. The summed E-state index contributed by atoms with van der Waals surface area (Å²) in [4.78, 5) is 11.0. The molecule has 2 rings (SSSR count). The number of benzene rings is 1. The molecule has 1 aromatic carbocycles. The molecule has 4 heteroatoms. The van der Waals surface area contributed by atoms with Crippen LogP contribution in [0.25, 0.3) is 0 Å². The second-order valence-electron chi connectivity index (χ2n) is 5.44. The van der Waals surface area contributed by atoms with Crippen LogP contribution < -0.4 is 10.6 Å². The fraction of sp³-hybridized carbons (Fsp3) is 0.412. The summed E-state index contributed by atoms with van der Waals surface area (Å²) >= 11 is 0. The lowest BCUT2D eigenvalue weighted by atomic mass is 10.1. The minimum atomic E-state index is 0.404. The number of hydrogen-bond donors (Lipinski definition) is 1. The monoisotopic (exact) mass is 284 g/mol. The maximum absolute atomic E-state index is 5.83. The molecule has 0 bridgehead atoms. The Morgan fingerprint density at radius 2 is 1.86 bits per heavy atom. The van der Waals surface area contributed by atoms with Gasteiger partial charge in [-0.15, -0.1) is 0 Å². The van der Waals surface area contributed by atoms with E-state index in [0.717, 1.165) is 24.6 Å². The van der Waals surface area contributed by atoms with Crippen molar-refractivity contribution in [2.45, 2.75) is 39.8 Å². The summed E-state index contributed by atoms with van der Waals surface area (Å²) < 4.78 is 0. The summed E-state index contributed by atoms with van der Waals surface area (Å²) in [6.45, 7) is 8.71. The van der Waals surface area contributed by atoms with Crippen molar-refractivity contribution in [2.75, 3.05) is 11.4 Å². The fourth-order valence-corrected chi connectivity index (χ4v) is 2.32. The highest BCUT2D eigenvalue weighted by Crippen LogP contribution is 2.20. The van der Waals surface area contributed by atoms with E-state index >= 15 is 0 Å². The van der Waals surface area contributed by atoms with Crippen molar-refractivity contribution in [1.82, 2.24) is 9.97 Å². The number of rotatable bonds is 6. The van der Waals surface area contributed by atoms with E-state index in [0.29, 0.717) is 12.5 Å². The third kappa shape index (κ3) is 3.79. The number of nitrogens with zero attached hydrogens (tertiary/aromatic N) is 3. The molecule has 0 atom stereocenters. The summed E-state index contributed by atoms with van der Waals surface area (Å²) in [7, 11) is 0. The SMILES string of the molecule is CCN(Cc1ccccc1CN)c1cc(C(C)C)ncn1. The Kier molecular flexibility index (Phi) is 5.28. The van der Waals surface area contributed by atoms with Crippen LogP contribution in [-0.2, 0) is 13.1 Å². The molecule has 0 spiro atoms. The van der Waals surface area contributed by atoms with Crippen LogP contribution in [0.2, 0.25) is 0 Å². The van der Waals surface area contributed by atoms with Gasteiger partial charge in [0.2, 0.25) is 0 Å². The Balaban J connectivity index is 2.25. The Morgan fingerprint density at radius 1 is 1.14 bits per heavy atom. The second kappa shape index (κ2) is 7.18. The van der Waals surface area contributed by atoms with Crippen molar-refractivity contribution < 1.29 is 0 Å². The van der Waals surface area contributed by atoms with Gasteiger partial charge < -0.3 is 10.6 Å². The van der Waals surface area contributed by atoms with Crippen molar-refractivity contribution in [3.8, 4) is 0 Å². The summed E-state index contributed by atoms with van der Waals surface area (Å²) in [6.07, 6.45) is 1.65. The van der Waals surface area contributed by atoms with Crippen LogP contribution in [0.15, 0.2) is 36.7 Å². The fourth-order valence-electron chi connectivity index (χ4n) is 2.32. The van der Waals surface area contributed by atoms with Gasteiger partial charge in [0.25, 0.3) is 0 Å². The molecule has 1 aromatic heterocycles. The zero-order valence-corrected chi connectivity index (χ0v) is 13.1. The Morgan fingerprint density at radius 3 is 2.48 bits per heavy atom. The third-order valence-corrected chi connectivity index (χ3v) is 3.67. The van der Waals surface area contributed by atoms with Crippen molar-refractivity contribution in [2.24, 2.45) is 5.73 Å². The molecule has 112 valence electrons. The molecule has 0 aliphatic carbocycles. The van der Waals surface area contributed by atoms with Crippen LogP contribution in [-0.4, -0.2) is 16.5 Å². The van der Waals surface area contributed by atoms with Crippen LogP contribution >= 0.6 is 0 Å². The van der Waals surface area contributed by atoms with Gasteiger partial charge in [0.15, 0.2) is 0 Å². The smallest absolute Gasteiger partial charge is 0.132 e. The minimum absolute atomic E-state index is 0.404. The van der Waals surface area contributed by atoms with Crippen LogP contribution in [0.1, 0.15) is 43.5 Å². The molecule has 21 heavy (non-hydrogen) atoms. The standard InChI is InChI=1S/C17H24N4/c1-4-21(11-15-8-6-5-7-14(15)10-18)17-9-16(13(2)3)19-12-20-17/h5-9,12-13H,4,10-11,18H2,1-3H3. The lowest BCUT2D eigenvalue weighted by Gasteiger charge is -2.23. The van der Waals surface area contributed by atoms with E-state index in [2.05, 4.69) is 59.9 Å². The van der Waals surface area contributed by atoms with Crippen LogP contribution in [0, 0.1) is 0 Å². The van der Waals surface area contributed by atoms with Crippen molar-refractivity contribution >= 4 is 5.82 Å². The molecule has 0 aliphatic heterocycles. The van der Waals surface area contributed by atoms with E-state index in [4.69, 9.17) is 5.73 Å². The van der Waals surface area contributed by atoms with Gasteiger partial charge in [0, 0.05) is 31.4 Å². The van der Waals surface area contributed by atoms with Gasteiger partial charge in [0.05, 0.1) is 0 Å². The van der Waals surface area contributed by atoms with Gasteiger partial charge >= 0.3 is 0 Å². The summed E-state index contributed by atoms with van der Waals surface area (Å²) in [5, 5.41) is 0. The molecule has 0 saturated carbocycles. The van der Waals surface area contributed by atoms with Gasteiger partial charge in [-0.1, -0.05) is 38.1 Å². The predicted octanol–water partition coefficient (Wildman–Crippen LogP) is 3.09. The van der Waals surface area contributed by atoms with E-state index in [-0.39, 0.29) is 0 Å². The zero-order chi connectivity index (χ0) is 15.2. The lowest BCUT2D eigenvalue weighted by molar-refractivity contribution is 0.775. The van der Waals surface area contributed by atoms with Crippen molar-refractivity contribution in [3.05, 3.63) is 53.5 Å². The van der Waals surface area contributed by atoms with Crippen LogP contribution in [0.4, 0.5) is 5.82 Å². The number of anilines is 1. The molecule has 2 N–H and O–H groups in total. The molecular weight excluding hydrogens is 260 g/mol. The molecule has 0 radical (unpaired) electrons. The average molecular weight is 284 g/mol. The van der Waals surface area contributed by atoms with E-state index in [9.17, 15) is 0 Å². The van der Waals surface area contributed by atoms with E-state index in [1.165, 1.54) is 11.1 Å². The average Bonchev–Trinajstić information content (AvgIpc) is 2.53. The normalized spacial score (nSPS) is 10.9. The molecular formula is C17H24N4. The summed E-state index contributed by atoms with van der Waals surface area (Å²) in [6, 6.07) is 10.4. The minimum Gasteiger partial charge on any atom is -0.352 e. The zero-order valence-electron chi connectivity index (χ0n) is 13.1. The van der Waals surface area contributed by atoms with E-state index in [1.54, 1.807) is 6.33 Å². The van der Waals surface area contributed by atoms with E-state index in [1.807, 2.05) is 6.07 Å². The lowest BCUT2D eigenvalue weighted by Crippen LogP contribution is -2.24. The molecule has 0 amide bonds. The van der Waals surface area contributed by atoms with Gasteiger partial charge in [0.1, 0.15) is 12.1 Å². The molecule has 0 saturated heterocycles. The predicted molar refractivity (Wildman–Crippen MR) is 87.2 cm³/mol. The van der Waals surface area contributed by atoms with Crippen molar-refractivity contribution in [3.63, 3.8) is 0 Å². The maximum atomic E-state index is 5.83. The first-order valence-corrected chi connectivity index (χ1v) is 7.49. The van der Waals surface area contributed by atoms with Gasteiger partial charge in [-0.25, -0.2) is 9.97 Å². The molecule has 0 aliphatic rings. The third-order valence-electron chi connectivity index (χ3n) is 3.67. The molecule has 0 unspecified atom stereocenters. The first kappa shape index (κ1) is 15.4. The first-order valence-electron chi connectivity index (χ1n) is 7.49. The Hall–Kier alpha value is -1.94. The molecule has 4 nitrogen and oxygen atoms in total. The number of hydrogen-bond acceptors (Lipinski definition) is 4. The Bertz CT molecular complexity index is 581. The van der Waals surface area contributed by atoms with E-state index < -0.39 is 0 Å². The number of aromatic nitrogens is 2. The largest absolute Gasteiger partial charge is 0.352 e. The van der Waals surface area contributed by atoms with Gasteiger partial charge in [-0.2, -0.15) is 0 Å². The topological polar surface area (TPSA) is 55.0 Å². The highest BCUT2D eigenvalue weighted by molar-refractivity contribution is 5.41. The van der Waals surface area contributed by atoms with Crippen LogP contribution in [0.5, 0.6) is 0 Å². The second-order valence-corrected chi connectivity index (χ2v) is 5.44. The summed E-state index contributed by atoms with van der Waals surface area (Å²) in [5.41, 5.74) is 9.35. The Labute approximate surface area is 127 Å². The van der Waals surface area contributed by atoms with Crippen LogP contribution in [0.3, 0.4) is 0 Å². The van der Waals surface area contributed by atoms with Crippen molar-refractivity contribution in [1.29, 1.82) is 0 Å².